The van der Waals surface area contributed by atoms with Crippen LogP contribution in [-0.2, 0) is 9.59 Å². The SMILES string of the molecule is COc1ccccc1N=C1SC(C(=O)Nc2cccc(Br)c2)CC(=O)N1C. The van der Waals surface area contributed by atoms with Crippen LogP contribution in [0, 0.1) is 0 Å². The van der Waals surface area contributed by atoms with E-state index in [2.05, 4.69) is 26.2 Å². The Hall–Kier alpha value is -2.32. The van der Waals surface area contributed by atoms with Crippen molar-refractivity contribution in [3.63, 3.8) is 0 Å². The Bertz CT molecular complexity index is 903. The number of ether oxygens (including phenoxy) is 1. The molecule has 140 valence electrons. The highest BCUT2D eigenvalue weighted by Crippen LogP contribution is 2.32. The number of rotatable bonds is 4. The Labute approximate surface area is 170 Å². The van der Waals surface area contributed by atoms with E-state index < -0.39 is 5.25 Å². The lowest BCUT2D eigenvalue weighted by Gasteiger charge is -2.29. The fourth-order valence-electron chi connectivity index (χ4n) is 2.51. The molecule has 1 unspecified atom stereocenters. The number of nitrogens with zero attached hydrogens (tertiary/aromatic N) is 2. The number of hydrogen-bond donors (Lipinski definition) is 1. The number of methoxy groups -OCH3 is 1. The third kappa shape index (κ3) is 4.70. The molecule has 3 rings (SSSR count). The van der Waals surface area contributed by atoms with Crippen LogP contribution in [0.3, 0.4) is 0 Å². The van der Waals surface area contributed by atoms with Crippen LogP contribution in [0.1, 0.15) is 6.42 Å². The first-order valence-corrected chi connectivity index (χ1v) is 9.86. The van der Waals surface area contributed by atoms with Gasteiger partial charge in [-0.1, -0.05) is 45.9 Å². The molecule has 1 fully saturated rings. The molecule has 1 aliphatic rings. The topological polar surface area (TPSA) is 71.0 Å². The van der Waals surface area contributed by atoms with Gasteiger partial charge in [0.05, 0.1) is 7.11 Å². The number of amides is 2. The zero-order chi connectivity index (χ0) is 19.4. The summed E-state index contributed by atoms with van der Waals surface area (Å²) in [5.41, 5.74) is 1.28. The van der Waals surface area contributed by atoms with Gasteiger partial charge in [0.2, 0.25) is 11.8 Å². The fraction of sp³-hybridized carbons (Fsp3) is 0.211. The van der Waals surface area contributed by atoms with Gasteiger partial charge in [0, 0.05) is 23.6 Å². The van der Waals surface area contributed by atoms with Gasteiger partial charge in [-0.15, -0.1) is 0 Å². The van der Waals surface area contributed by atoms with Gasteiger partial charge in [-0.05, 0) is 30.3 Å². The number of benzene rings is 2. The molecule has 0 spiro atoms. The molecule has 6 nitrogen and oxygen atoms in total. The van der Waals surface area contributed by atoms with Gasteiger partial charge in [0.15, 0.2) is 5.17 Å². The maximum atomic E-state index is 12.7. The van der Waals surface area contributed by atoms with Gasteiger partial charge in [0.1, 0.15) is 16.7 Å². The van der Waals surface area contributed by atoms with Gasteiger partial charge in [0.25, 0.3) is 0 Å². The smallest absolute Gasteiger partial charge is 0.238 e. The summed E-state index contributed by atoms with van der Waals surface area (Å²) in [5, 5.41) is 2.76. The summed E-state index contributed by atoms with van der Waals surface area (Å²) in [6.45, 7) is 0. The molecule has 0 saturated carbocycles. The lowest BCUT2D eigenvalue weighted by Crippen LogP contribution is -2.43. The van der Waals surface area contributed by atoms with Gasteiger partial charge in [-0.3, -0.25) is 14.5 Å². The highest BCUT2D eigenvalue weighted by molar-refractivity contribution is 9.10. The number of para-hydroxylation sites is 2. The number of carbonyl (C=O) groups is 2. The van der Waals surface area contributed by atoms with Crippen LogP contribution in [0.15, 0.2) is 58.0 Å². The first kappa shape index (κ1) is 19.4. The second-order valence-corrected chi connectivity index (χ2v) is 7.91. The standard InChI is InChI=1S/C19H18BrN3O3S/c1-23-17(24)11-16(18(25)21-13-7-5-6-12(20)10-13)27-19(23)22-14-8-3-4-9-15(14)26-2/h3-10,16H,11H2,1-2H3,(H,21,25). The average Bonchev–Trinajstić information content (AvgIpc) is 2.65. The summed E-state index contributed by atoms with van der Waals surface area (Å²) in [4.78, 5) is 31.1. The number of amidine groups is 1. The minimum atomic E-state index is -0.555. The number of thioether (sulfide) groups is 1. The van der Waals surface area contributed by atoms with Crippen LogP contribution in [0.2, 0.25) is 0 Å². The Morgan fingerprint density at radius 1 is 1.30 bits per heavy atom. The van der Waals surface area contributed by atoms with E-state index in [4.69, 9.17) is 4.74 Å². The summed E-state index contributed by atoms with van der Waals surface area (Å²) in [5.74, 6) is 0.219. The Kier molecular flexibility index (Phi) is 6.18. The molecule has 0 aliphatic carbocycles. The predicted molar refractivity (Wildman–Crippen MR) is 112 cm³/mol. The van der Waals surface area contributed by atoms with E-state index in [0.29, 0.717) is 22.3 Å². The lowest BCUT2D eigenvalue weighted by atomic mass is 10.2. The van der Waals surface area contributed by atoms with Gasteiger partial charge in [-0.25, -0.2) is 4.99 Å². The molecule has 2 aromatic rings. The molecule has 1 atom stereocenters. The van der Waals surface area contributed by atoms with E-state index in [9.17, 15) is 9.59 Å². The van der Waals surface area contributed by atoms with Crippen molar-refractivity contribution in [3.05, 3.63) is 53.0 Å². The first-order valence-electron chi connectivity index (χ1n) is 8.19. The number of aliphatic imine (C=N–C) groups is 1. The molecule has 1 heterocycles. The Balaban J connectivity index is 1.81. The molecule has 2 aromatic carbocycles. The van der Waals surface area contributed by atoms with Crippen molar-refractivity contribution in [3.8, 4) is 5.75 Å². The van der Waals surface area contributed by atoms with Crippen LogP contribution in [-0.4, -0.2) is 41.3 Å². The quantitative estimate of drug-likeness (QED) is 0.767. The zero-order valence-electron chi connectivity index (χ0n) is 14.8. The van der Waals surface area contributed by atoms with Crippen molar-refractivity contribution in [2.24, 2.45) is 4.99 Å². The molecular formula is C19H18BrN3O3S. The van der Waals surface area contributed by atoms with Crippen molar-refractivity contribution in [1.82, 2.24) is 4.90 Å². The molecule has 0 radical (unpaired) electrons. The number of carbonyl (C=O) groups excluding carboxylic acids is 2. The average molecular weight is 448 g/mol. The highest BCUT2D eigenvalue weighted by atomic mass is 79.9. The normalized spacial score (nSPS) is 18.5. The van der Waals surface area contributed by atoms with Crippen molar-refractivity contribution in [2.45, 2.75) is 11.7 Å². The van der Waals surface area contributed by atoms with Gasteiger partial charge in [-0.2, -0.15) is 0 Å². The van der Waals surface area contributed by atoms with Crippen molar-refractivity contribution in [2.75, 3.05) is 19.5 Å². The maximum absolute atomic E-state index is 12.7. The Morgan fingerprint density at radius 2 is 2.07 bits per heavy atom. The summed E-state index contributed by atoms with van der Waals surface area (Å²) < 4.78 is 6.18. The largest absolute Gasteiger partial charge is 0.494 e. The monoisotopic (exact) mass is 447 g/mol. The summed E-state index contributed by atoms with van der Waals surface area (Å²) in [6, 6.07) is 14.6. The van der Waals surface area contributed by atoms with E-state index in [1.165, 1.54) is 16.7 Å². The maximum Gasteiger partial charge on any atom is 0.238 e. The highest BCUT2D eigenvalue weighted by Gasteiger charge is 2.34. The third-order valence-electron chi connectivity index (χ3n) is 3.95. The molecule has 1 saturated heterocycles. The van der Waals surface area contributed by atoms with Crippen LogP contribution < -0.4 is 10.1 Å². The van der Waals surface area contributed by atoms with Crippen LogP contribution in [0.4, 0.5) is 11.4 Å². The molecule has 27 heavy (non-hydrogen) atoms. The zero-order valence-corrected chi connectivity index (χ0v) is 17.2. The molecule has 0 aromatic heterocycles. The van der Waals surface area contributed by atoms with E-state index >= 15 is 0 Å². The van der Waals surface area contributed by atoms with Gasteiger partial charge >= 0.3 is 0 Å². The van der Waals surface area contributed by atoms with Crippen molar-refractivity contribution >= 4 is 56.0 Å². The molecular weight excluding hydrogens is 430 g/mol. The summed E-state index contributed by atoms with van der Waals surface area (Å²) in [6.07, 6.45) is 0.117. The van der Waals surface area contributed by atoms with E-state index in [1.54, 1.807) is 32.4 Å². The number of nitrogens with one attached hydrogen (secondary N) is 1. The molecule has 8 heteroatoms. The van der Waals surface area contributed by atoms with Gasteiger partial charge < -0.3 is 10.1 Å². The predicted octanol–water partition coefficient (Wildman–Crippen LogP) is 4.05. The number of halogens is 1. The van der Waals surface area contributed by atoms with E-state index in [0.717, 1.165) is 4.47 Å². The molecule has 1 N–H and O–H groups in total. The van der Waals surface area contributed by atoms with E-state index in [-0.39, 0.29) is 18.2 Å². The summed E-state index contributed by atoms with van der Waals surface area (Å²) in [7, 11) is 3.22. The number of anilines is 1. The Morgan fingerprint density at radius 3 is 2.81 bits per heavy atom. The fourth-order valence-corrected chi connectivity index (χ4v) is 3.97. The number of hydrogen-bond acceptors (Lipinski definition) is 5. The molecule has 0 bridgehead atoms. The second kappa shape index (κ2) is 8.58. The minimum Gasteiger partial charge on any atom is -0.494 e. The molecule has 2 amide bonds. The van der Waals surface area contributed by atoms with Crippen molar-refractivity contribution < 1.29 is 14.3 Å². The van der Waals surface area contributed by atoms with Crippen LogP contribution >= 0.6 is 27.7 Å². The first-order chi connectivity index (χ1) is 13.0. The van der Waals surface area contributed by atoms with Crippen LogP contribution in [0.25, 0.3) is 0 Å². The second-order valence-electron chi connectivity index (χ2n) is 5.83. The lowest BCUT2D eigenvalue weighted by molar-refractivity contribution is -0.128. The third-order valence-corrected chi connectivity index (χ3v) is 5.69. The van der Waals surface area contributed by atoms with Crippen molar-refractivity contribution in [1.29, 1.82) is 0 Å². The van der Waals surface area contributed by atoms with E-state index in [1.807, 2.05) is 30.3 Å². The van der Waals surface area contributed by atoms with Crippen LogP contribution in [0.5, 0.6) is 5.75 Å². The minimum absolute atomic E-state index is 0.117. The molecule has 1 aliphatic heterocycles. The summed E-state index contributed by atoms with van der Waals surface area (Å²) >= 11 is 4.64.